The van der Waals surface area contributed by atoms with E-state index in [1.807, 2.05) is 6.92 Å². The van der Waals surface area contributed by atoms with Crippen LogP contribution in [0.5, 0.6) is 0 Å². The Kier molecular flexibility index (Phi) is 11.1. The molecule has 3 nitrogen and oxygen atoms in total. The third kappa shape index (κ3) is 24.8. The Morgan fingerprint density at radius 2 is 1.40 bits per heavy atom. The molecule has 2 atom stereocenters. The maximum Gasteiger partial charge on any atom is 0.0579 e. The fourth-order valence-corrected chi connectivity index (χ4v) is 0. The molecule has 0 spiro atoms. The zero-order valence-corrected chi connectivity index (χ0v) is 7.17. The Hall–Kier alpha value is -0.120. The minimum Gasteiger partial charge on any atom is -0.395 e. The topological polar surface area (TPSA) is 72.3 Å². The van der Waals surface area contributed by atoms with Gasteiger partial charge >= 0.3 is 0 Å². The van der Waals surface area contributed by atoms with Gasteiger partial charge in [-0.25, -0.2) is 0 Å². The maximum absolute atomic E-state index is 8.02. The molecule has 64 valence electrons. The summed E-state index contributed by atoms with van der Waals surface area (Å²) < 4.78 is 0. The van der Waals surface area contributed by atoms with Gasteiger partial charge < -0.3 is 16.6 Å². The van der Waals surface area contributed by atoms with Gasteiger partial charge in [0.25, 0.3) is 0 Å². The van der Waals surface area contributed by atoms with Gasteiger partial charge in [-0.05, 0) is 20.3 Å². The third-order valence-electron chi connectivity index (χ3n) is 0.932. The summed E-state index contributed by atoms with van der Waals surface area (Å²) in [6.45, 7) is 5.91. The highest BCUT2D eigenvalue weighted by Gasteiger charge is 1.81. The van der Waals surface area contributed by atoms with Gasteiger partial charge in [0.05, 0.1) is 6.61 Å². The number of hydrogen-bond donors (Lipinski definition) is 3. The molecule has 0 unspecified atom stereocenters. The Balaban J connectivity index is 0. The van der Waals surface area contributed by atoms with Gasteiger partial charge in [-0.15, -0.1) is 0 Å². The highest BCUT2D eigenvalue weighted by molar-refractivity contribution is 4.43. The van der Waals surface area contributed by atoms with Gasteiger partial charge in [-0.3, -0.25) is 0 Å². The van der Waals surface area contributed by atoms with Crippen LogP contribution in [0.4, 0.5) is 0 Å². The molecular weight excluding hydrogens is 128 g/mol. The first kappa shape index (κ1) is 12.5. The largest absolute Gasteiger partial charge is 0.395 e. The van der Waals surface area contributed by atoms with Crippen LogP contribution < -0.4 is 11.5 Å². The van der Waals surface area contributed by atoms with Gasteiger partial charge in [0.15, 0.2) is 0 Å². The molecule has 0 heterocycles. The standard InChI is InChI=1S/C4H11N.C3H9NO/c1-3-4(2)5;1-3(4)2-5/h4H,3,5H2,1-2H3;3,5H,2,4H2,1H3/t4-;3-/m11/s1. The normalized spacial score (nSPS) is 15.0. The highest BCUT2D eigenvalue weighted by Crippen LogP contribution is 1.77. The fraction of sp³-hybridized carbons (Fsp3) is 1.00. The van der Waals surface area contributed by atoms with Crippen molar-refractivity contribution in [1.29, 1.82) is 0 Å². The summed E-state index contributed by atoms with van der Waals surface area (Å²) in [6, 6.07) is 0.324. The number of hydrogen-bond acceptors (Lipinski definition) is 3. The van der Waals surface area contributed by atoms with Crippen molar-refractivity contribution in [2.75, 3.05) is 6.61 Å². The summed E-state index contributed by atoms with van der Waals surface area (Å²) in [5.74, 6) is 0. The van der Waals surface area contributed by atoms with Crippen molar-refractivity contribution < 1.29 is 5.11 Å². The zero-order chi connectivity index (χ0) is 8.57. The van der Waals surface area contributed by atoms with E-state index < -0.39 is 0 Å². The third-order valence-corrected chi connectivity index (χ3v) is 0.932. The van der Waals surface area contributed by atoms with Gasteiger partial charge in [-0.2, -0.15) is 0 Å². The second-order valence-electron chi connectivity index (χ2n) is 2.55. The van der Waals surface area contributed by atoms with Crippen molar-refractivity contribution in [1.82, 2.24) is 0 Å². The Labute approximate surface area is 63.4 Å². The molecule has 0 saturated carbocycles. The monoisotopic (exact) mass is 148 g/mol. The molecule has 0 aromatic heterocycles. The number of aliphatic hydroxyl groups is 1. The molecule has 0 aliphatic carbocycles. The molecule has 0 aliphatic heterocycles. The quantitative estimate of drug-likeness (QED) is 0.519. The smallest absolute Gasteiger partial charge is 0.0579 e. The van der Waals surface area contributed by atoms with E-state index in [1.54, 1.807) is 6.92 Å². The van der Waals surface area contributed by atoms with E-state index in [0.717, 1.165) is 6.42 Å². The molecule has 3 heteroatoms. The summed E-state index contributed by atoms with van der Waals surface area (Å²) in [5.41, 5.74) is 10.3. The molecule has 0 aliphatic rings. The van der Waals surface area contributed by atoms with Crippen molar-refractivity contribution in [2.45, 2.75) is 39.3 Å². The van der Waals surface area contributed by atoms with Crippen molar-refractivity contribution in [3.05, 3.63) is 0 Å². The van der Waals surface area contributed by atoms with E-state index in [4.69, 9.17) is 16.6 Å². The Morgan fingerprint density at radius 3 is 1.40 bits per heavy atom. The second-order valence-corrected chi connectivity index (χ2v) is 2.55. The lowest BCUT2D eigenvalue weighted by atomic mass is 10.3. The molecular formula is C7H20N2O. The van der Waals surface area contributed by atoms with E-state index in [9.17, 15) is 0 Å². The molecule has 0 saturated heterocycles. The van der Waals surface area contributed by atoms with E-state index >= 15 is 0 Å². The Bertz CT molecular complexity index is 47.6. The van der Waals surface area contributed by atoms with Crippen LogP contribution >= 0.6 is 0 Å². The van der Waals surface area contributed by atoms with Crippen molar-refractivity contribution in [3.8, 4) is 0 Å². The second kappa shape index (κ2) is 8.88. The van der Waals surface area contributed by atoms with Gasteiger partial charge in [0.2, 0.25) is 0 Å². The van der Waals surface area contributed by atoms with Crippen LogP contribution in [-0.4, -0.2) is 23.8 Å². The van der Waals surface area contributed by atoms with Crippen LogP contribution in [0.25, 0.3) is 0 Å². The summed E-state index contributed by atoms with van der Waals surface area (Å²) in [6.07, 6.45) is 1.08. The molecule has 10 heavy (non-hydrogen) atoms. The molecule has 0 fully saturated rings. The predicted molar refractivity (Wildman–Crippen MR) is 44.7 cm³/mol. The fourth-order valence-electron chi connectivity index (χ4n) is 0. The van der Waals surface area contributed by atoms with Gasteiger partial charge in [0, 0.05) is 12.1 Å². The molecule has 5 N–H and O–H groups in total. The summed E-state index contributed by atoms with van der Waals surface area (Å²) >= 11 is 0. The number of aliphatic hydroxyl groups excluding tert-OH is 1. The van der Waals surface area contributed by atoms with Crippen LogP contribution in [0.2, 0.25) is 0 Å². The Morgan fingerprint density at radius 1 is 1.20 bits per heavy atom. The molecule has 0 bridgehead atoms. The minimum atomic E-state index is -0.0602. The van der Waals surface area contributed by atoms with Crippen molar-refractivity contribution in [3.63, 3.8) is 0 Å². The summed E-state index contributed by atoms with van der Waals surface area (Å²) in [4.78, 5) is 0. The summed E-state index contributed by atoms with van der Waals surface area (Å²) in [5, 5.41) is 8.02. The lowest BCUT2D eigenvalue weighted by molar-refractivity contribution is 0.273. The maximum atomic E-state index is 8.02. The molecule has 0 aromatic carbocycles. The minimum absolute atomic E-state index is 0.0602. The van der Waals surface area contributed by atoms with Crippen LogP contribution in [0.3, 0.4) is 0 Å². The SMILES string of the molecule is CC[C@@H](C)N.C[C@@H](N)CO. The number of rotatable bonds is 2. The van der Waals surface area contributed by atoms with Crippen LogP contribution in [-0.2, 0) is 0 Å². The average molecular weight is 148 g/mol. The lowest BCUT2D eigenvalue weighted by Crippen LogP contribution is -2.18. The van der Waals surface area contributed by atoms with Gasteiger partial charge in [0.1, 0.15) is 0 Å². The predicted octanol–water partition coefficient (Wildman–Crippen LogP) is 0.0695. The highest BCUT2D eigenvalue weighted by atomic mass is 16.3. The number of nitrogens with two attached hydrogens (primary N) is 2. The first-order chi connectivity index (χ1) is 4.54. The van der Waals surface area contributed by atoms with E-state index in [-0.39, 0.29) is 12.6 Å². The van der Waals surface area contributed by atoms with E-state index in [2.05, 4.69) is 6.92 Å². The summed E-state index contributed by atoms with van der Waals surface area (Å²) in [7, 11) is 0. The molecule has 0 rings (SSSR count). The van der Waals surface area contributed by atoms with Crippen molar-refractivity contribution >= 4 is 0 Å². The molecule has 0 amide bonds. The first-order valence-electron chi connectivity index (χ1n) is 3.66. The zero-order valence-electron chi connectivity index (χ0n) is 7.17. The molecule has 0 aromatic rings. The van der Waals surface area contributed by atoms with E-state index in [1.165, 1.54) is 0 Å². The average Bonchev–Trinajstić information content (AvgIpc) is 1.89. The molecule has 0 radical (unpaired) electrons. The van der Waals surface area contributed by atoms with E-state index in [0.29, 0.717) is 6.04 Å². The van der Waals surface area contributed by atoms with Crippen LogP contribution in [0.1, 0.15) is 27.2 Å². The first-order valence-corrected chi connectivity index (χ1v) is 3.66. The van der Waals surface area contributed by atoms with Crippen LogP contribution in [0, 0.1) is 0 Å². The van der Waals surface area contributed by atoms with Crippen LogP contribution in [0.15, 0.2) is 0 Å². The lowest BCUT2D eigenvalue weighted by Gasteiger charge is -1.91. The van der Waals surface area contributed by atoms with Crippen molar-refractivity contribution in [2.24, 2.45) is 11.5 Å². The van der Waals surface area contributed by atoms with Gasteiger partial charge in [-0.1, -0.05) is 6.92 Å².